The molecule has 138 valence electrons. The molecule has 0 bridgehead atoms. The number of benzene rings is 1. The maximum atomic E-state index is 12.4. The summed E-state index contributed by atoms with van der Waals surface area (Å²) in [5.41, 5.74) is 1.20. The molecular formula is C18H20ClN3O4. The number of nitrogens with zero attached hydrogens (tertiary/aromatic N) is 2. The Morgan fingerprint density at radius 1 is 1.19 bits per heavy atom. The van der Waals surface area contributed by atoms with Crippen molar-refractivity contribution in [1.29, 1.82) is 0 Å². The van der Waals surface area contributed by atoms with Crippen LogP contribution in [0.1, 0.15) is 10.4 Å². The number of ether oxygens (including phenoxy) is 3. The lowest BCUT2D eigenvalue weighted by atomic mass is 10.2. The Bertz CT molecular complexity index is 777. The van der Waals surface area contributed by atoms with Gasteiger partial charge in [0.2, 0.25) is 0 Å². The lowest BCUT2D eigenvalue weighted by Gasteiger charge is -2.26. The fraction of sp³-hybridized carbons (Fsp3) is 0.333. The van der Waals surface area contributed by atoms with Gasteiger partial charge in [0, 0.05) is 31.4 Å². The van der Waals surface area contributed by atoms with Gasteiger partial charge in [-0.2, -0.15) is 0 Å². The van der Waals surface area contributed by atoms with Crippen LogP contribution in [0.15, 0.2) is 30.5 Å². The zero-order valence-electron chi connectivity index (χ0n) is 14.6. The lowest BCUT2D eigenvalue weighted by molar-refractivity contribution is 0.0302. The summed E-state index contributed by atoms with van der Waals surface area (Å²) in [7, 11) is 3.10. The standard InChI is InChI=1S/C18H20ClN3O4/c1-24-15-10-14(16(25-2)9-13(15)19)21-17-4-3-12(11-20-17)18(23)22-5-7-26-8-6-22/h3-4,9-11H,5-8H2,1-2H3,(H,20,21). The second-order valence-corrected chi connectivity index (χ2v) is 6.06. The van der Waals surface area contributed by atoms with E-state index in [9.17, 15) is 4.79 Å². The molecule has 3 rings (SSSR count). The SMILES string of the molecule is COc1cc(Nc2ccc(C(=O)N3CCOCC3)cn2)c(OC)cc1Cl. The number of morpholine rings is 1. The van der Waals surface area contributed by atoms with Crippen molar-refractivity contribution in [2.75, 3.05) is 45.8 Å². The molecule has 1 saturated heterocycles. The number of carbonyl (C=O) groups is 1. The normalized spacial score (nSPS) is 14.0. The molecule has 1 amide bonds. The van der Waals surface area contributed by atoms with E-state index in [4.69, 9.17) is 25.8 Å². The van der Waals surface area contributed by atoms with Gasteiger partial charge >= 0.3 is 0 Å². The van der Waals surface area contributed by atoms with E-state index in [2.05, 4.69) is 10.3 Å². The summed E-state index contributed by atoms with van der Waals surface area (Å²) in [6.07, 6.45) is 1.56. The largest absolute Gasteiger partial charge is 0.495 e. The number of amides is 1. The highest BCUT2D eigenvalue weighted by Crippen LogP contribution is 2.37. The molecule has 0 atom stereocenters. The topological polar surface area (TPSA) is 72.9 Å². The third-order valence-corrected chi connectivity index (χ3v) is 4.34. The number of pyridine rings is 1. The Kier molecular flexibility index (Phi) is 5.80. The highest BCUT2D eigenvalue weighted by Gasteiger charge is 2.19. The number of carbonyl (C=O) groups excluding carboxylic acids is 1. The first kappa shape index (κ1) is 18.3. The minimum atomic E-state index is -0.0434. The minimum Gasteiger partial charge on any atom is -0.495 e. The van der Waals surface area contributed by atoms with Gasteiger partial charge in [0.05, 0.1) is 43.7 Å². The molecule has 8 heteroatoms. The van der Waals surface area contributed by atoms with Crippen molar-refractivity contribution in [2.24, 2.45) is 0 Å². The van der Waals surface area contributed by atoms with Gasteiger partial charge in [-0.1, -0.05) is 11.6 Å². The Hall–Kier alpha value is -2.51. The summed E-state index contributed by atoms with van der Waals surface area (Å²) in [4.78, 5) is 18.5. The van der Waals surface area contributed by atoms with Gasteiger partial charge in [-0.25, -0.2) is 4.98 Å². The quantitative estimate of drug-likeness (QED) is 0.863. The Balaban J connectivity index is 1.76. The second-order valence-electron chi connectivity index (χ2n) is 5.65. The highest BCUT2D eigenvalue weighted by molar-refractivity contribution is 6.32. The number of anilines is 2. The number of hydrogen-bond acceptors (Lipinski definition) is 6. The molecule has 0 aliphatic carbocycles. The van der Waals surface area contributed by atoms with E-state index in [1.165, 1.54) is 0 Å². The van der Waals surface area contributed by atoms with Crippen molar-refractivity contribution in [1.82, 2.24) is 9.88 Å². The van der Waals surface area contributed by atoms with Gasteiger partial charge in [0.25, 0.3) is 5.91 Å². The van der Waals surface area contributed by atoms with Gasteiger partial charge in [0.1, 0.15) is 17.3 Å². The molecule has 1 N–H and O–H groups in total. The van der Waals surface area contributed by atoms with Crippen molar-refractivity contribution < 1.29 is 19.0 Å². The lowest BCUT2D eigenvalue weighted by Crippen LogP contribution is -2.40. The number of hydrogen-bond donors (Lipinski definition) is 1. The molecule has 0 spiro atoms. The van der Waals surface area contributed by atoms with E-state index >= 15 is 0 Å². The van der Waals surface area contributed by atoms with Crippen LogP contribution in [0.3, 0.4) is 0 Å². The van der Waals surface area contributed by atoms with E-state index in [0.717, 1.165) is 0 Å². The van der Waals surface area contributed by atoms with Crippen molar-refractivity contribution >= 4 is 29.0 Å². The van der Waals surface area contributed by atoms with Crippen LogP contribution in [0.2, 0.25) is 5.02 Å². The molecule has 0 radical (unpaired) electrons. The van der Waals surface area contributed by atoms with Crippen molar-refractivity contribution in [3.8, 4) is 11.5 Å². The predicted octanol–water partition coefficient (Wildman–Crippen LogP) is 2.97. The zero-order valence-corrected chi connectivity index (χ0v) is 15.4. The number of nitrogens with one attached hydrogen (secondary N) is 1. The number of rotatable bonds is 5. The molecule has 1 aliphatic heterocycles. The van der Waals surface area contributed by atoms with E-state index in [1.54, 1.807) is 49.6 Å². The molecule has 1 aliphatic rings. The molecule has 2 aromatic rings. The number of aromatic nitrogens is 1. The second kappa shape index (κ2) is 8.25. The molecule has 1 aromatic heterocycles. The van der Waals surface area contributed by atoms with Gasteiger partial charge < -0.3 is 24.4 Å². The van der Waals surface area contributed by atoms with Gasteiger partial charge in [-0.15, -0.1) is 0 Å². The average Bonchev–Trinajstić information content (AvgIpc) is 2.69. The van der Waals surface area contributed by atoms with Crippen LogP contribution in [-0.2, 0) is 4.74 Å². The molecule has 7 nitrogen and oxygen atoms in total. The van der Waals surface area contributed by atoms with Crippen molar-refractivity contribution in [3.63, 3.8) is 0 Å². The summed E-state index contributed by atoms with van der Waals surface area (Å²) in [5, 5.41) is 3.60. The molecule has 2 heterocycles. The third kappa shape index (κ3) is 4.00. The summed E-state index contributed by atoms with van der Waals surface area (Å²) >= 11 is 6.11. The minimum absolute atomic E-state index is 0.0434. The van der Waals surface area contributed by atoms with Crippen LogP contribution in [0.4, 0.5) is 11.5 Å². The van der Waals surface area contributed by atoms with Crippen LogP contribution in [0.25, 0.3) is 0 Å². The van der Waals surface area contributed by atoms with E-state index in [-0.39, 0.29) is 5.91 Å². The summed E-state index contributed by atoms with van der Waals surface area (Å²) < 4.78 is 15.8. The van der Waals surface area contributed by atoms with Gasteiger partial charge in [-0.05, 0) is 12.1 Å². The summed E-state index contributed by atoms with van der Waals surface area (Å²) in [6, 6.07) is 6.88. The molecule has 1 fully saturated rings. The fourth-order valence-electron chi connectivity index (χ4n) is 2.64. The summed E-state index contributed by atoms with van der Waals surface area (Å²) in [6.45, 7) is 2.33. The molecule has 0 saturated carbocycles. The maximum Gasteiger partial charge on any atom is 0.255 e. The molecule has 0 unspecified atom stereocenters. The smallest absolute Gasteiger partial charge is 0.255 e. The van der Waals surface area contributed by atoms with Crippen LogP contribution >= 0.6 is 11.6 Å². The molecule has 26 heavy (non-hydrogen) atoms. The van der Waals surface area contributed by atoms with Crippen LogP contribution < -0.4 is 14.8 Å². The average molecular weight is 378 g/mol. The molecular weight excluding hydrogens is 358 g/mol. The van der Waals surface area contributed by atoms with Crippen LogP contribution in [0.5, 0.6) is 11.5 Å². The Morgan fingerprint density at radius 3 is 2.54 bits per heavy atom. The Labute approximate surface area is 156 Å². The first-order valence-electron chi connectivity index (χ1n) is 8.14. The fourth-order valence-corrected chi connectivity index (χ4v) is 2.87. The predicted molar refractivity (Wildman–Crippen MR) is 98.8 cm³/mol. The van der Waals surface area contributed by atoms with Crippen molar-refractivity contribution in [2.45, 2.75) is 0 Å². The number of halogens is 1. The first-order valence-corrected chi connectivity index (χ1v) is 8.52. The highest BCUT2D eigenvalue weighted by atomic mass is 35.5. The third-order valence-electron chi connectivity index (χ3n) is 4.05. The molecule has 1 aromatic carbocycles. The monoisotopic (exact) mass is 377 g/mol. The van der Waals surface area contributed by atoms with Gasteiger partial charge in [-0.3, -0.25) is 4.79 Å². The van der Waals surface area contributed by atoms with Gasteiger partial charge in [0.15, 0.2) is 0 Å². The summed E-state index contributed by atoms with van der Waals surface area (Å²) in [5.74, 6) is 1.62. The maximum absolute atomic E-state index is 12.4. The van der Waals surface area contributed by atoms with E-state index in [1.807, 2.05) is 0 Å². The van der Waals surface area contributed by atoms with E-state index < -0.39 is 0 Å². The van der Waals surface area contributed by atoms with Crippen molar-refractivity contribution in [3.05, 3.63) is 41.0 Å². The zero-order chi connectivity index (χ0) is 18.5. The van der Waals surface area contributed by atoms with Crippen LogP contribution in [0, 0.1) is 0 Å². The Morgan fingerprint density at radius 2 is 1.92 bits per heavy atom. The van der Waals surface area contributed by atoms with Crippen LogP contribution in [-0.4, -0.2) is 56.3 Å². The first-order chi connectivity index (χ1) is 12.6. The number of methoxy groups -OCH3 is 2. The van der Waals surface area contributed by atoms with E-state index in [0.29, 0.717) is 59.9 Å².